The fourth-order valence-electron chi connectivity index (χ4n) is 4.47. The Kier molecular flexibility index (Phi) is 7.10. The topological polar surface area (TPSA) is 92.4 Å². The fourth-order valence-corrected chi connectivity index (χ4v) is 4.47. The summed E-state index contributed by atoms with van der Waals surface area (Å²) in [6, 6.07) is 11.2. The normalized spacial score (nSPS) is 19.0. The Labute approximate surface area is 205 Å². The van der Waals surface area contributed by atoms with E-state index in [2.05, 4.69) is 5.10 Å². The van der Waals surface area contributed by atoms with Crippen molar-refractivity contribution in [3.63, 3.8) is 0 Å². The molecular weight excluding hydrogens is 446 g/mol. The van der Waals surface area contributed by atoms with Gasteiger partial charge in [-0.15, -0.1) is 0 Å². The second kappa shape index (κ2) is 10.1. The number of rotatable bonds is 5. The van der Waals surface area contributed by atoms with Crippen molar-refractivity contribution in [1.29, 1.82) is 0 Å². The van der Waals surface area contributed by atoms with Gasteiger partial charge in [0.15, 0.2) is 6.61 Å². The fraction of sp³-hybridized carbons (Fsp3) is 0.481. The van der Waals surface area contributed by atoms with Gasteiger partial charge in [0.1, 0.15) is 11.8 Å². The first kappa shape index (κ1) is 24.7. The van der Waals surface area contributed by atoms with Crippen LogP contribution in [-0.4, -0.2) is 53.1 Å². The lowest BCUT2D eigenvalue weighted by Crippen LogP contribution is -2.45. The number of esters is 1. The Morgan fingerprint density at radius 3 is 2.37 bits per heavy atom. The molecule has 2 amide bonds. The SMILES string of the molecule is Cc1ccc(C2=NN(C(=O)COC(=O)C3CCN(C(=O)C(C)(C)C)CC3)[C@@H](c3ccco3)C2)cc1. The van der Waals surface area contributed by atoms with Crippen LogP contribution >= 0.6 is 0 Å². The zero-order valence-corrected chi connectivity index (χ0v) is 20.8. The minimum absolute atomic E-state index is 0.0831. The molecule has 1 atom stereocenters. The molecule has 2 aliphatic heterocycles. The summed E-state index contributed by atoms with van der Waals surface area (Å²) in [6.45, 7) is 8.33. The first-order valence-corrected chi connectivity index (χ1v) is 12.1. The van der Waals surface area contributed by atoms with Crippen molar-refractivity contribution >= 4 is 23.5 Å². The van der Waals surface area contributed by atoms with E-state index >= 15 is 0 Å². The monoisotopic (exact) mass is 479 g/mol. The lowest BCUT2D eigenvalue weighted by molar-refractivity contribution is -0.158. The molecule has 8 heteroatoms. The first-order chi connectivity index (χ1) is 16.6. The van der Waals surface area contributed by atoms with E-state index in [0.29, 0.717) is 38.1 Å². The Hall–Kier alpha value is -3.42. The highest BCUT2D eigenvalue weighted by atomic mass is 16.5. The molecule has 2 aliphatic rings. The number of ether oxygens (including phenoxy) is 1. The standard InChI is InChI=1S/C27H33N3O5/c1-18-7-9-19(10-8-18)21-16-22(23-6-5-15-34-23)30(28-21)24(31)17-35-25(32)20-11-13-29(14-12-20)26(33)27(2,3)4/h5-10,15,20,22H,11-14,16-17H2,1-4H3/t22-/m1/s1. The van der Waals surface area contributed by atoms with Crippen molar-refractivity contribution in [3.8, 4) is 0 Å². The van der Waals surface area contributed by atoms with Crippen molar-refractivity contribution in [1.82, 2.24) is 9.91 Å². The maximum Gasteiger partial charge on any atom is 0.309 e. The number of amides is 2. The van der Waals surface area contributed by atoms with Crippen molar-refractivity contribution in [3.05, 3.63) is 59.5 Å². The molecule has 0 N–H and O–H groups in total. The zero-order chi connectivity index (χ0) is 25.2. The largest absolute Gasteiger partial charge is 0.467 e. The summed E-state index contributed by atoms with van der Waals surface area (Å²) in [5.74, 6) is -0.413. The Bertz CT molecular complexity index is 1090. The summed E-state index contributed by atoms with van der Waals surface area (Å²) >= 11 is 0. The van der Waals surface area contributed by atoms with Crippen molar-refractivity contribution in [2.45, 2.75) is 53.0 Å². The third-order valence-electron chi connectivity index (χ3n) is 6.52. The van der Waals surface area contributed by atoms with Gasteiger partial charge in [-0.2, -0.15) is 5.10 Å². The quantitative estimate of drug-likeness (QED) is 0.602. The van der Waals surface area contributed by atoms with Crippen LogP contribution in [-0.2, 0) is 19.1 Å². The van der Waals surface area contributed by atoms with E-state index in [4.69, 9.17) is 9.15 Å². The predicted molar refractivity (Wildman–Crippen MR) is 130 cm³/mol. The van der Waals surface area contributed by atoms with Gasteiger partial charge in [0, 0.05) is 24.9 Å². The summed E-state index contributed by atoms with van der Waals surface area (Å²) in [6.07, 6.45) is 3.14. The summed E-state index contributed by atoms with van der Waals surface area (Å²) in [5, 5.41) is 5.94. The molecule has 0 unspecified atom stereocenters. The number of aryl methyl sites for hydroxylation is 1. The minimum Gasteiger partial charge on any atom is -0.467 e. The highest BCUT2D eigenvalue weighted by molar-refractivity contribution is 6.03. The van der Waals surface area contributed by atoms with Gasteiger partial charge in [-0.1, -0.05) is 50.6 Å². The predicted octanol–water partition coefficient (Wildman–Crippen LogP) is 4.09. The van der Waals surface area contributed by atoms with Gasteiger partial charge >= 0.3 is 5.97 Å². The number of likely N-dealkylation sites (tertiary alicyclic amines) is 1. The molecule has 0 radical (unpaired) electrons. The molecule has 0 aliphatic carbocycles. The number of carbonyl (C=O) groups is 3. The summed E-state index contributed by atoms with van der Waals surface area (Å²) in [7, 11) is 0. The van der Waals surface area contributed by atoms with E-state index in [-0.39, 0.29) is 24.5 Å². The average molecular weight is 480 g/mol. The third-order valence-corrected chi connectivity index (χ3v) is 6.52. The van der Waals surface area contributed by atoms with E-state index in [1.165, 1.54) is 5.01 Å². The Morgan fingerprint density at radius 2 is 1.77 bits per heavy atom. The summed E-state index contributed by atoms with van der Waals surface area (Å²) in [5.41, 5.74) is 2.42. The van der Waals surface area contributed by atoms with Gasteiger partial charge in [0.05, 0.1) is 17.9 Å². The highest BCUT2D eigenvalue weighted by Gasteiger charge is 2.36. The van der Waals surface area contributed by atoms with E-state index < -0.39 is 17.3 Å². The van der Waals surface area contributed by atoms with Crippen molar-refractivity contribution < 1.29 is 23.5 Å². The maximum atomic E-state index is 13.1. The van der Waals surface area contributed by atoms with Crippen LogP contribution in [0.1, 0.15) is 63.0 Å². The van der Waals surface area contributed by atoms with E-state index in [1.807, 2.05) is 58.0 Å². The second-order valence-electron chi connectivity index (χ2n) is 10.3. The van der Waals surface area contributed by atoms with Gasteiger partial charge in [0.25, 0.3) is 5.91 Å². The number of furan rings is 1. The Balaban J connectivity index is 1.37. The van der Waals surface area contributed by atoms with Gasteiger partial charge in [-0.25, -0.2) is 5.01 Å². The molecule has 2 aromatic rings. The molecule has 35 heavy (non-hydrogen) atoms. The molecule has 1 aromatic carbocycles. The number of carbonyl (C=O) groups excluding carboxylic acids is 3. The lowest BCUT2D eigenvalue weighted by Gasteiger charge is -2.35. The number of hydrogen-bond donors (Lipinski definition) is 0. The molecular formula is C27H33N3O5. The second-order valence-corrected chi connectivity index (χ2v) is 10.3. The van der Waals surface area contributed by atoms with Crippen LogP contribution in [0.4, 0.5) is 0 Å². The molecule has 0 spiro atoms. The molecule has 0 saturated carbocycles. The average Bonchev–Trinajstić information content (AvgIpc) is 3.52. The highest BCUT2D eigenvalue weighted by Crippen LogP contribution is 2.33. The van der Waals surface area contributed by atoms with Crippen LogP contribution in [0, 0.1) is 18.3 Å². The number of benzene rings is 1. The third kappa shape index (κ3) is 5.63. The first-order valence-electron chi connectivity index (χ1n) is 12.1. The van der Waals surface area contributed by atoms with Crippen molar-refractivity contribution in [2.75, 3.05) is 19.7 Å². The Morgan fingerprint density at radius 1 is 1.09 bits per heavy atom. The minimum atomic E-state index is -0.446. The van der Waals surface area contributed by atoms with E-state index in [1.54, 1.807) is 17.2 Å². The van der Waals surface area contributed by atoms with Gasteiger partial charge < -0.3 is 14.1 Å². The molecule has 3 heterocycles. The van der Waals surface area contributed by atoms with Gasteiger partial charge in [-0.3, -0.25) is 14.4 Å². The van der Waals surface area contributed by atoms with Crippen molar-refractivity contribution in [2.24, 2.45) is 16.4 Å². The molecule has 1 saturated heterocycles. The van der Waals surface area contributed by atoms with Crippen LogP contribution in [0.5, 0.6) is 0 Å². The number of hydrazone groups is 1. The van der Waals surface area contributed by atoms with Crippen LogP contribution in [0.15, 0.2) is 52.2 Å². The maximum absolute atomic E-state index is 13.1. The molecule has 8 nitrogen and oxygen atoms in total. The number of piperidine rings is 1. The summed E-state index contributed by atoms with van der Waals surface area (Å²) in [4.78, 5) is 40.0. The van der Waals surface area contributed by atoms with Crippen LogP contribution in [0.2, 0.25) is 0 Å². The molecule has 186 valence electrons. The van der Waals surface area contributed by atoms with Gasteiger partial charge in [0.2, 0.25) is 5.91 Å². The molecule has 1 aromatic heterocycles. The van der Waals surface area contributed by atoms with Crippen LogP contribution in [0.25, 0.3) is 0 Å². The summed E-state index contributed by atoms with van der Waals surface area (Å²) < 4.78 is 11.0. The van der Waals surface area contributed by atoms with Crippen LogP contribution in [0.3, 0.4) is 0 Å². The zero-order valence-electron chi connectivity index (χ0n) is 20.8. The number of nitrogens with zero attached hydrogens (tertiary/aromatic N) is 3. The molecule has 1 fully saturated rings. The lowest BCUT2D eigenvalue weighted by atomic mass is 9.91. The molecule has 4 rings (SSSR count). The number of hydrogen-bond acceptors (Lipinski definition) is 6. The molecule has 0 bridgehead atoms. The van der Waals surface area contributed by atoms with E-state index in [0.717, 1.165) is 16.8 Å². The van der Waals surface area contributed by atoms with E-state index in [9.17, 15) is 14.4 Å². The van der Waals surface area contributed by atoms with Gasteiger partial charge in [-0.05, 0) is 37.5 Å². The smallest absolute Gasteiger partial charge is 0.309 e. The van der Waals surface area contributed by atoms with Crippen LogP contribution < -0.4 is 0 Å².